The van der Waals surface area contributed by atoms with Crippen LogP contribution in [0.5, 0.6) is 11.5 Å². The van der Waals surface area contributed by atoms with Gasteiger partial charge < -0.3 is 18.9 Å². The molecule has 6 nitrogen and oxygen atoms in total. The summed E-state index contributed by atoms with van der Waals surface area (Å²) in [5.41, 5.74) is 3.30. The lowest BCUT2D eigenvalue weighted by atomic mass is 9.99. The molecule has 0 saturated heterocycles. The van der Waals surface area contributed by atoms with Crippen LogP contribution in [0.3, 0.4) is 0 Å². The summed E-state index contributed by atoms with van der Waals surface area (Å²) in [5, 5.41) is 0. The highest BCUT2D eigenvalue weighted by Gasteiger charge is 2.33. The van der Waals surface area contributed by atoms with Gasteiger partial charge in [-0.2, -0.15) is 0 Å². The van der Waals surface area contributed by atoms with Crippen LogP contribution in [0.1, 0.15) is 34.5 Å². The van der Waals surface area contributed by atoms with E-state index in [4.69, 9.17) is 13.9 Å². The van der Waals surface area contributed by atoms with E-state index in [9.17, 15) is 0 Å². The molecule has 1 N–H and O–H groups in total. The summed E-state index contributed by atoms with van der Waals surface area (Å²) in [7, 11) is 3.37. The predicted molar refractivity (Wildman–Crippen MR) is 97.5 cm³/mol. The van der Waals surface area contributed by atoms with Gasteiger partial charge in [0.15, 0.2) is 0 Å². The average Bonchev–Trinajstić information content (AvgIpc) is 3.30. The van der Waals surface area contributed by atoms with E-state index < -0.39 is 0 Å². The standard InChI is InChI=1S/C20H23N3O3/c1-13-4-6-18(26-13)20-19-16(21-12-22-19)8-9-23(20)11-14-10-15(24-2)5-7-17(14)25-3/h4-7,10,12,20H,8-9,11H2,1-3H3,(H,21,22)/t20-/m0/s1. The molecule has 3 aromatic rings. The molecule has 1 aromatic carbocycles. The van der Waals surface area contributed by atoms with Crippen LogP contribution in [-0.2, 0) is 13.0 Å². The molecule has 1 atom stereocenters. The first kappa shape index (κ1) is 16.7. The van der Waals surface area contributed by atoms with Crippen LogP contribution in [0, 0.1) is 6.92 Å². The van der Waals surface area contributed by atoms with Crippen molar-refractivity contribution in [3.63, 3.8) is 0 Å². The second-order valence-electron chi connectivity index (χ2n) is 6.52. The smallest absolute Gasteiger partial charge is 0.127 e. The minimum Gasteiger partial charge on any atom is -0.497 e. The van der Waals surface area contributed by atoms with Gasteiger partial charge in [-0.1, -0.05) is 0 Å². The lowest BCUT2D eigenvalue weighted by Gasteiger charge is -2.34. The summed E-state index contributed by atoms with van der Waals surface area (Å²) < 4.78 is 16.9. The van der Waals surface area contributed by atoms with Gasteiger partial charge in [0, 0.05) is 30.8 Å². The number of hydrogen-bond acceptors (Lipinski definition) is 5. The maximum atomic E-state index is 5.97. The number of methoxy groups -OCH3 is 2. The number of aryl methyl sites for hydroxylation is 1. The molecule has 3 heterocycles. The molecule has 0 bridgehead atoms. The lowest BCUT2D eigenvalue weighted by Crippen LogP contribution is -2.35. The van der Waals surface area contributed by atoms with Gasteiger partial charge in [0.2, 0.25) is 0 Å². The molecular weight excluding hydrogens is 330 g/mol. The van der Waals surface area contributed by atoms with Gasteiger partial charge in [-0.3, -0.25) is 4.90 Å². The van der Waals surface area contributed by atoms with Gasteiger partial charge in [0.25, 0.3) is 0 Å². The van der Waals surface area contributed by atoms with E-state index in [1.165, 1.54) is 5.69 Å². The second kappa shape index (κ2) is 6.88. The molecule has 0 aliphatic carbocycles. The van der Waals surface area contributed by atoms with Crippen molar-refractivity contribution < 1.29 is 13.9 Å². The van der Waals surface area contributed by atoms with E-state index >= 15 is 0 Å². The van der Waals surface area contributed by atoms with Crippen molar-refractivity contribution in [2.75, 3.05) is 20.8 Å². The molecule has 26 heavy (non-hydrogen) atoms. The number of aromatic nitrogens is 2. The van der Waals surface area contributed by atoms with Crippen LogP contribution in [0.4, 0.5) is 0 Å². The van der Waals surface area contributed by atoms with Crippen molar-refractivity contribution in [3.8, 4) is 11.5 Å². The Kier molecular flexibility index (Phi) is 4.42. The number of ether oxygens (including phenoxy) is 2. The highest BCUT2D eigenvalue weighted by atomic mass is 16.5. The largest absolute Gasteiger partial charge is 0.497 e. The Bertz CT molecular complexity index is 899. The molecule has 1 aliphatic rings. The van der Waals surface area contributed by atoms with Crippen molar-refractivity contribution in [2.45, 2.75) is 25.9 Å². The Hall–Kier alpha value is -2.73. The van der Waals surface area contributed by atoms with Gasteiger partial charge >= 0.3 is 0 Å². The molecule has 0 unspecified atom stereocenters. The van der Waals surface area contributed by atoms with Crippen LogP contribution in [0.25, 0.3) is 0 Å². The normalized spacial score (nSPS) is 17.1. The fourth-order valence-corrected chi connectivity index (χ4v) is 3.63. The SMILES string of the molecule is COc1ccc(OC)c(CN2CCc3[nH]cnc3[C@@H]2c2ccc(C)o2)c1. The molecule has 0 fully saturated rings. The molecule has 0 saturated carbocycles. The Morgan fingerprint density at radius 3 is 2.85 bits per heavy atom. The Labute approximate surface area is 152 Å². The van der Waals surface area contributed by atoms with Crippen LogP contribution in [-0.4, -0.2) is 35.6 Å². The van der Waals surface area contributed by atoms with E-state index in [0.29, 0.717) is 0 Å². The maximum absolute atomic E-state index is 5.97. The quantitative estimate of drug-likeness (QED) is 0.761. The Morgan fingerprint density at radius 1 is 1.23 bits per heavy atom. The lowest BCUT2D eigenvalue weighted by molar-refractivity contribution is 0.176. The zero-order chi connectivity index (χ0) is 18.1. The molecular formula is C20H23N3O3. The number of furan rings is 1. The van der Waals surface area contributed by atoms with Gasteiger partial charge in [0.05, 0.1) is 26.2 Å². The zero-order valence-electron chi connectivity index (χ0n) is 15.3. The van der Waals surface area contributed by atoms with E-state index in [1.54, 1.807) is 20.5 Å². The Morgan fingerprint density at radius 2 is 2.12 bits per heavy atom. The summed E-state index contributed by atoms with van der Waals surface area (Å²) in [6, 6.07) is 9.92. The third-order valence-electron chi connectivity index (χ3n) is 4.92. The monoisotopic (exact) mass is 353 g/mol. The summed E-state index contributed by atoms with van der Waals surface area (Å²) in [4.78, 5) is 10.2. The van der Waals surface area contributed by atoms with Crippen LogP contribution in [0.15, 0.2) is 41.1 Å². The molecule has 0 spiro atoms. The fraction of sp³-hybridized carbons (Fsp3) is 0.350. The topological polar surface area (TPSA) is 63.5 Å². The fourth-order valence-electron chi connectivity index (χ4n) is 3.63. The number of aromatic amines is 1. The highest BCUT2D eigenvalue weighted by molar-refractivity contribution is 5.41. The van der Waals surface area contributed by atoms with E-state index in [2.05, 4.69) is 14.9 Å². The molecule has 0 radical (unpaired) electrons. The number of H-pyrrole nitrogens is 1. The first-order valence-electron chi connectivity index (χ1n) is 8.73. The van der Waals surface area contributed by atoms with Crippen molar-refractivity contribution in [2.24, 2.45) is 0 Å². The molecule has 4 rings (SSSR count). The maximum Gasteiger partial charge on any atom is 0.127 e. The van der Waals surface area contributed by atoms with Crippen LogP contribution < -0.4 is 9.47 Å². The van der Waals surface area contributed by atoms with Gasteiger partial charge in [0.1, 0.15) is 29.1 Å². The first-order valence-corrected chi connectivity index (χ1v) is 8.73. The van der Waals surface area contributed by atoms with Crippen LogP contribution >= 0.6 is 0 Å². The van der Waals surface area contributed by atoms with Crippen molar-refractivity contribution in [1.29, 1.82) is 0 Å². The second-order valence-corrected chi connectivity index (χ2v) is 6.52. The van der Waals surface area contributed by atoms with Crippen molar-refractivity contribution >= 4 is 0 Å². The number of fused-ring (bicyclic) bond motifs is 1. The predicted octanol–water partition coefficient (Wildman–Crippen LogP) is 3.48. The number of imidazole rings is 1. The number of nitrogens with one attached hydrogen (secondary N) is 1. The first-order chi connectivity index (χ1) is 12.7. The van der Waals surface area contributed by atoms with Gasteiger partial charge in [-0.15, -0.1) is 0 Å². The van der Waals surface area contributed by atoms with Crippen LogP contribution in [0.2, 0.25) is 0 Å². The average molecular weight is 353 g/mol. The highest BCUT2D eigenvalue weighted by Crippen LogP contribution is 2.36. The number of rotatable bonds is 5. The summed E-state index contributed by atoms with van der Waals surface area (Å²) >= 11 is 0. The van der Waals surface area contributed by atoms with Crippen molar-refractivity contribution in [1.82, 2.24) is 14.9 Å². The summed E-state index contributed by atoms with van der Waals surface area (Å²) in [6.07, 6.45) is 2.70. The third kappa shape index (κ3) is 2.97. The molecule has 136 valence electrons. The van der Waals surface area contributed by atoms with Gasteiger partial charge in [-0.25, -0.2) is 4.98 Å². The van der Waals surface area contributed by atoms with E-state index in [-0.39, 0.29) is 6.04 Å². The third-order valence-corrected chi connectivity index (χ3v) is 4.92. The summed E-state index contributed by atoms with van der Waals surface area (Å²) in [5.74, 6) is 3.50. The van der Waals surface area contributed by atoms with Gasteiger partial charge in [-0.05, 0) is 37.3 Å². The minimum atomic E-state index is -0.0189. The molecule has 2 aromatic heterocycles. The number of benzene rings is 1. The number of hydrogen-bond donors (Lipinski definition) is 1. The molecule has 6 heteroatoms. The molecule has 1 aliphatic heterocycles. The summed E-state index contributed by atoms with van der Waals surface area (Å²) in [6.45, 7) is 3.59. The Balaban J connectivity index is 1.71. The van der Waals surface area contributed by atoms with E-state index in [0.717, 1.165) is 53.8 Å². The van der Waals surface area contributed by atoms with Crippen molar-refractivity contribution in [3.05, 3.63) is 65.1 Å². The van der Waals surface area contributed by atoms with E-state index in [1.807, 2.05) is 37.3 Å². The zero-order valence-corrected chi connectivity index (χ0v) is 15.3. The minimum absolute atomic E-state index is 0.0189. The number of nitrogens with zero attached hydrogens (tertiary/aromatic N) is 2. The molecule has 0 amide bonds.